The number of carbonyl (C=O) groups is 1. The average Bonchev–Trinajstić information content (AvgIpc) is 2.67. The molecule has 0 aliphatic heterocycles. The van der Waals surface area contributed by atoms with E-state index in [0.717, 1.165) is 62.2 Å². The first-order chi connectivity index (χ1) is 12.7. The maximum Gasteiger partial charge on any atom is 0.252 e. The van der Waals surface area contributed by atoms with Gasteiger partial charge in [-0.3, -0.25) is 4.79 Å². The molecule has 0 radical (unpaired) electrons. The van der Waals surface area contributed by atoms with Gasteiger partial charge >= 0.3 is 0 Å². The minimum atomic E-state index is -0.0262. The fourth-order valence-corrected chi connectivity index (χ4v) is 2.99. The summed E-state index contributed by atoms with van der Waals surface area (Å²) in [4.78, 5) is 19.7. The molecule has 1 aromatic heterocycles. The maximum atomic E-state index is 12.7. The van der Waals surface area contributed by atoms with Crippen molar-refractivity contribution in [2.24, 2.45) is 0 Å². The van der Waals surface area contributed by atoms with E-state index in [2.05, 4.69) is 41.3 Å². The Morgan fingerprint density at radius 3 is 2.58 bits per heavy atom. The van der Waals surface area contributed by atoms with Crippen LogP contribution in [-0.4, -0.2) is 48.5 Å². The fraction of sp³-hybridized carbons (Fsp3) is 0.524. The monoisotopic (exact) mass is 356 g/mol. The van der Waals surface area contributed by atoms with E-state index in [4.69, 9.17) is 0 Å². The van der Waals surface area contributed by atoms with Crippen molar-refractivity contribution in [1.29, 1.82) is 0 Å². The van der Waals surface area contributed by atoms with E-state index in [9.17, 15) is 4.79 Å². The van der Waals surface area contributed by atoms with Crippen LogP contribution < -0.4 is 10.6 Å². The first-order valence-corrected chi connectivity index (χ1v) is 9.83. The summed E-state index contributed by atoms with van der Waals surface area (Å²) >= 11 is 0. The summed E-state index contributed by atoms with van der Waals surface area (Å²) in [6.07, 6.45) is 3.17. The molecule has 2 N–H and O–H groups in total. The van der Waals surface area contributed by atoms with Gasteiger partial charge in [0, 0.05) is 18.5 Å². The van der Waals surface area contributed by atoms with Crippen molar-refractivity contribution >= 4 is 22.6 Å². The molecule has 0 bridgehead atoms. The summed E-state index contributed by atoms with van der Waals surface area (Å²) in [5.74, 6) is 0.743. The van der Waals surface area contributed by atoms with Crippen molar-refractivity contribution in [3.05, 3.63) is 35.9 Å². The minimum Gasteiger partial charge on any atom is -0.370 e. The number of aromatic nitrogens is 1. The first kappa shape index (κ1) is 20.2. The summed E-state index contributed by atoms with van der Waals surface area (Å²) in [6.45, 7) is 11.1. The Balaban J connectivity index is 2.06. The van der Waals surface area contributed by atoms with Gasteiger partial charge in [0.05, 0.1) is 11.1 Å². The highest BCUT2D eigenvalue weighted by atomic mass is 16.1. The van der Waals surface area contributed by atoms with Crippen LogP contribution in [0.2, 0.25) is 0 Å². The first-order valence-electron chi connectivity index (χ1n) is 9.83. The molecule has 0 atom stereocenters. The molecule has 0 aliphatic carbocycles. The van der Waals surface area contributed by atoms with Crippen molar-refractivity contribution in [2.45, 2.75) is 40.0 Å². The molecule has 2 aromatic rings. The molecule has 0 saturated carbocycles. The molecule has 0 unspecified atom stereocenters. The summed E-state index contributed by atoms with van der Waals surface area (Å²) in [7, 11) is 0. The lowest BCUT2D eigenvalue weighted by Gasteiger charge is -2.17. The molecule has 1 aromatic carbocycles. The Labute approximate surface area is 157 Å². The average molecular weight is 357 g/mol. The highest BCUT2D eigenvalue weighted by Crippen LogP contribution is 2.21. The van der Waals surface area contributed by atoms with Crippen LogP contribution in [0.25, 0.3) is 10.9 Å². The van der Waals surface area contributed by atoms with Gasteiger partial charge in [-0.05, 0) is 44.6 Å². The SMILES string of the molecule is CCCCNc1cc(C(=O)NCCCN(CC)CC)c2ccccc2n1. The van der Waals surface area contributed by atoms with Gasteiger partial charge in [-0.1, -0.05) is 45.4 Å². The number of carbonyl (C=O) groups excluding carboxylic acids is 1. The van der Waals surface area contributed by atoms with E-state index in [1.807, 2.05) is 30.3 Å². The Morgan fingerprint density at radius 2 is 1.85 bits per heavy atom. The Kier molecular flexibility index (Phi) is 8.35. The lowest BCUT2D eigenvalue weighted by atomic mass is 10.1. The van der Waals surface area contributed by atoms with Crippen LogP contribution in [0.3, 0.4) is 0 Å². The van der Waals surface area contributed by atoms with E-state index in [0.29, 0.717) is 12.1 Å². The number of anilines is 1. The molecule has 26 heavy (non-hydrogen) atoms. The van der Waals surface area contributed by atoms with E-state index >= 15 is 0 Å². The van der Waals surface area contributed by atoms with Gasteiger partial charge in [-0.25, -0.2) is 4.98 Å². The van der Waals surface area contributed by atoms with Crippen molar-refractivity contribution in [3.63, 3.8) is 0 Å². The summed E-state index contributed by atoms with van der Waals surface area (Å²) in [6, 6.07) is 9.69. The Morgan fingerprint density at radius 1 is 1.08 bits per heavy atom. The number of rotatable bonds is 11. The van der Waals surface area contributed by atoms with Gasteiger partial charge < -0.3 is 15.5 Å². The van der Waals surface area contributed by atoms with E-state index in [-0.39, 0.29) is 5.91 Å². The van der Waals surface area contributed by atoms with Gasteiger partial charge in [0.15, 0.2) is 0 Å². The summed E-state index contributed by atoms with van der Waals surface area (Å²) in [5, 5.41) is 7.30. The van der Waals surface area contributed by atoms with Gasteiger partial charge in [-0.15, -0.1) is 0 Å². The largest absolute Gasteiger partial charge is 0.370 e. The molecule has 0 aliphatic rings. The topological polar surface area (TPSA) is 57.3 Å². The Bertz CT molecular complexity index is 697. The van der Waals surface area contributed by atoms with E-state index in [1.54, 1.807) is 0 Å². The molecule has 0 fully saturated rings. The molecule has 2 rings (SSSR count). The molecule has 142 valence electrons. The lowest BCUT2D eigenvalue weighted by molar-refractivity contribution is 0.0953. The van der Waals surface area contributed by atoms with Crippen molar-refractivity contribution in [2.75, 3.05) is 38.0 Å². The van der Waals surface area contributed by atoms with Gasteiger partial charge in [0.2, 0.25) is 0 Å². The number of para-hydroxylation sites is 1. The Hall–Kier alpha value is -2.14. The van der Waals surface area contributed by atoms with Crippen LogP contribution in [0, 0.1) is 0 Å². The van der Waals surface area contributed by atoms with Crippen molar-refractivity contribution < 1.29 is 4.79 Å². The molecule has 5 nitrogen and oxygen atoms in total. The smallest absolute Gasteiger partial charge is 0.252 e. The highest BCUT2D eigenvalue weighted by Gasteiger charge is 2.12. The number of pyridine rings is 1. The summed E-state index contributed by atoms with van der Waals surface area (Å²) in [5.41, 5.74) is 1.54. The second-order valence-electron chi connectivity index (χ2n) is 6.49. The maximum absolute atomic E-state index is 12.7. The third-order valence-electron chi connectivity index (χ3n) is 4.63. The molecular weight excluding hydrogens is 324 g/mol. The van der Waals surface area contributed by atoms with Gasteiger partial charge in [0.25, 0.3) is 5.91 Å². The van der Waals surface area contributed by atoms with Crippen molar-refractivity contribution in [1.82, 2.24) is 15.2 Å². The van der Waals surface area contributed by atoms with Crippen LogP contribution in [0.5, 0.6) is 0 Å². The van der Waals surface area contributed by atoms with Crippen molar-refractivity contribution in [3.8, 4) is 0 Å². The van der Waals surface area contributed by atoms with Gasteiger partial charge in [-0.2, -0.15) is 0 Å². The predicted molar refractivity (Wildman–Crippen MR) is 110 cm³/mol. The van der Waals surface area contributed by atoms with Crippen LogP contribution in [0.15, 0.2) is 30.3 Å². The molecular formula is C21H32N4O. The molecule has 0 spiro atoms. The second-order valence-corrected chi connectivity index (χ2v) is 6.49. The predicted octanol–water partition coefficient (Wildman–Crippen LogP) is 3.91. The van der Waals surface area contributed by atoms with Gasteiger partial charge in [0.1, 0.15) is 5.82 Å². The fourth-order valence-electron chi connectivity index (χ4n) is 2.99. The van der Waals surface area contributed by atoms with Crippen LogP contribution >= 0.6 is 0 Å². The number of unbranched alkanes of at least 4 members (excludes halogenated alkanes) is 1. The molecule has 1 amide bonds. The second kappa shape index (κ2) is 10.8. The standard InChI is InChI=1S/C21H32N4O/c1-4-7-13-22-20-16-18(17-11-8-9-12-19(17)24-20)21(26)23-14-10-15-25(5-2)6-3/h8-9,11-12,16H,4-7,10,13-15H2,1-3H3,(H,22,24)(H,23,26). The van der Waals surface area contributed by atoms with Crippen LogP contribution in [-0.2, 0) is 0 Å². The zero-order chi connectivity index (χ0) is 18.8. The zero-order valence-electron chi connectivity index (χ0n) is 16.3. The van der Waals surface area contributed by atoms with Crippen LogP contribution in [0.1, 0.15) is 50.4 Å². The molecule has 0 saturated heterocycles. The number of nitrogens with one attached hydrogen (secondary N) is 2. The summed E-state index contributed by atoms with van der Waals surface area (Å²) < 4.78 is 0. The molecule has 5 heteroatoms. The molecule has 1 heterocycles. The quantitative estimate of drug-likeness (QED) is 0.599. The van der Waals surface area contributed by atoms with Crippen LogP contribution in [0.4, 0.5) is 5.82 Å². The zero-order valence-corrected chi connectivity index (χ0v) is 16.3. The highest BCUT2D eigenvalue weighted by molar-refractivity contribution is 6.06. The van der Waals surface area contributed by atoms with E-state index in [1.165, 1.54) is 0 Å². The van der Waals surface area contributed by atoms with E-state index < -0.39 is 0 Å². The number of benzene rings is 1. The number of hydrogen-bond acceptors (Lipinski definition) is 4. The third-order valence-corrected chi connectivity index (χ3v) is 4.63. The number of hydrogen-bond donors (Lipinski definition) is 2. The number of nitrogens with zero attached hydrogens (tertiary/aromatic N) is 2. The number of fused-ring (bicyclic) bond motifs is 1. The lowest BCUT2D eigenvalue weighted by Crippen LogP contribution is -2.30. The number of amides is 1. The minimum absolute atomic E-state index is 0.0262. The normalized spacial score (nSPS) is 11.1. The third kappa shape index (κ3) is 5.70.